The number of anilines is 1. The molecule has 0 bridgehead atoms. The van der Waals surface area contributed by atoms with Crippen LogP contribution in [0.25, 0.3) is 0 Å². The van der Waals surface area contributed by atoms with Crippen molar-refractivity contribution in [3.8, 4) is 0 Å². The molecular formula is C17H21N3O5S2. The van der Waals surface area contributed by atoms with Crippen LogP contribution in [0.2, 0.25) is 0 Å². The van der Waals surface area contributed by atoms with Crippen molar-refractivity contribution in [2.75, 3.05) is 5.32 Å². The van der Waals surface area contributed by atoms with E-state index in [1.807, 2.05) is 6.92 Å². The average molecular weight is 412 g/mol. The molecule has 10 heteroatoms. The molecule has 1 aromatic heterocycles. The largest absolute Gasteiger partial charge is 0.302 e. The fourth-order valence-corrected chi connectivity index (χ4v) is 4.92. The molecule has 1 atom stereocenters. The van der Waals surface area contributed by atoms with E-state index in [1.54, 1.807) is 0 Å². The Labute approximate surface area is 161 Å². The molecule has 0 fully saturated rings. The Kier molecular flexibility index (Phi) is 7.03. The molecule has 0 saturated heterocycles. The molecule has 0 unspecified atom stereocenters. The summed E-state index contributed by atoms with van der Waals surface area (Å²) < 4.78 is 25.2. The van der Waals surface area contributed by atoms with Crippen LogP contribution in [0.15, 0.2) is 39.6 Å². The second-order valence-corrected chi connectivity index (χ2v) is 9.18. The molecule has 0 radical (unpaired) electrons. The van der Waals surface area contributed by atoms with Gasteiger partial charge in [-0.15, -0.1) is 0 Å². The zero-order valence-corrected chi connectivity index (χ0v) is 16.7. The molecular weight excluding hydrogens is 390 g/mol. The number of nitrogens with zero attached hydrogens (tertiary/aromatic N) is 2. The van der Waals surface area contributed by atoms with Crippen LogP contribution in [-0.2, 0) is 14.6 Å². The summed E-state index contributed by atoms with van der Waals surface area (Å²) in [4.78, 5) is 26.3. The van der Waals surface area contributed by atoms with Crippen LogP contribution in [0.4, 0.5) is 10.8 Å². The monoisotopic (exact) mass is 411 g/mol. The molecule has 2 aromatic rings. The Bertz CT molecular complexity index is 907. The molecule has 146 valence electrons. The van der Waals surface area contributed by atoms with E-state index in [4.69, 9.17) is 0 Å². The van der Waals surface area contributed by atoms with Crippen molar-refractivity contribution in [3.05, 3.63) is 40.6 Å². The van der Waals surface area contributed by atoms with Gasteiger partial charge in [-0.25, -0.2) is 13.4 Å². The van der Waals surface area contributed by atoms with Gasteiger partial charge in [0.1, 0.15) is 4.21 Å². The molecule has 27 heavy (non-hydrogen) atoms. The fourth-order valence-electron chi connectivity index (χ4n) is 2.48. The van der Waals surface area contributed by atoms with Crippen LogP contribution < -0.4 is 5.32 Å². The summed E-state index contributed by atoms with van der Waals surface area (Å²) in [5.41, 5.74) is -0.191. The third-order valence-electron chi connectivity index (χ3n) is 4.11. The first-order chi connectivity index (χ1) is 12.8. The van der Waals surface area contributed by atoms with Gasteiger partial charge in [0.25, 0.3) is 5.69 Å². The zero-order valence-electron chi connectivity index (χ0n) is 15.0. The lowest BCUT2D eigenvalue weighted by atomic mass is 9.99. The predicted molar refractivity (Wildman–Crippen MR) is 103 cm³/mol. The summed E-state index contributed by atoms with van der Waals surface area (Å²) in [5.74, 6) is -0.303. The summed E-state index contributed by atoms with van der Waals surface area (Å²) in [5, 5.41) is 13.6. The van der Waals surface area contributed by atoms with Gasteiger partial charge in [0.2, 0.25) is 15.7 Å². The molecule has 1 amide bonds. The third-order valence-corrected chi connectivity index (χ3v) is 7.25. The summed E-state index contributed by atoms with van der Waals surface area (Å²) >= 11 is 0.860. The molecule has 1 aromatic carbocycles. The van der Waals surface area contributed by atoms with Gasteiger partial charge in [-0.05, 0) is 25.0 Å². The topological polar surface area (TPSA) is 119 Å². The first kappa shape index (κ1) is 21.0. The number of carbonyl (C=O) groups excluding carboxylic acids is 1. The van der Waals surface area contributed by atoms with Crippen LogP contribution >= 0.6 is 11.3 Å². The van der Waals surface area contributed by atoms with Crippen molar-refractivity contribution in [2.24, 2.45) is 5.92 Å². The van der Waals surface area contributed by atoms with Crippen molar-refractivity contribution in [3.63, 3.8) is 0 Å². The normalized spacial score (nSPS) is 12.5. The maximum Gasteiger partial charge on any atom is 0.269 e. The maximum absolute atomic E-state index is 12.6. The summed E-state index contributed by atoms with van der Waals surface area (Å²) in [6, 6.07) is 4.64. The Morgan fingerprint density at radius 3 is 2.52 bits per heavy atom. The van der Waals surface area contributed by atoms with Gasteiger partial charge in [0.15, 0.2) is 5.13 Å². The Balaban J connectivity index is 2.15. The number of unbranched alkanes of at least 4 members (excludes halogenated alkanes) is 1. The zero-order chi connectivity index (χ0) is 20.0. The average Bonchev–Trinajstić information content (AvgIpc) is 3.11. The van der Waals surface area contributed by atoms with Gasteiger partial charge in [-0.3, -0.25) is 14.9 Å². The van der Waals surface area contributed by atoms with Gasteiger partial charge in [-0.1, -0.05) is 38.0 Å². The second-order valence-electron chi connectivity index (χ2n) is 5.98. The molecule has 2 rings (SSSR count). The SMILES string of the molecule is CCCC[C@@H](CC)C(=O)Nc1ncc(S(=O)(=O)c2ccc([N+](=O)[O-])cc2)s1. The van der Waals surface area contributed by atoms with E-state index in [0.717, 1.165) is 42.7 Å². The highest BCUT2D eigenvalue weighted by Gasteiger charge is 2.23. The van der Waals surface area contributed by atoms with E-state index in [1.165, 1.54) is 18.3 Å². The van der Waals surface area contributed by atoms with E-state index < -0.39 is 14.8 Å². The van der Waals surface area contributed by atoms with Gasteiger partial charge < -0.3 is 5.32 Å². The summed E-state index contributed by atoms with van der Waals surface area (Å²) in [7, 11) is -3.85. The Morgan fingerprint density at radius 1 is 1.30 bits per heavy atom. The van der Waals surface area contributed by atoms with Gasteiger partial charge >= 0.3 is 0 Å². The second kappa shape index (κ2) is 9.05. The summed E-state index contributed by atoms with van der Waals surface area (Å²) in [6.45, 7) is 3.99. The standard InChI is InChI=1S/C17H21N3O5S2/c1-3-5-6-12(4-2)16(21)19-17-18-11-15(26-17)27(24,25)14-9-7-13(8-10-14)20(22)23/h7-12H,3-6H2,1-2H3,(H,18,19,21)/t12-/m1/s1. The number of hydrogen-bond donors (Lipinski definition) is 1. The van der Waals surface area contributed by atoms with Gasteiger partial charge in [0.05, 0.1) is 16.0 Å². The number of hydrogen-bond acceptors (Lipinski definition) is 7. The highest BCUT2D eigenvalue weighted by molar-refractivity contribution is 7.93. The summed E-state index contributed by atoms with van der Waals surface area (Å²) in [6.07, 6.45) is 4.61. The van der Waals surface area contributed by atoms with Crippen LogP contribution in [-0.4, -0.2) is 24.2 Å². The van der Waals surface area contributed by atoms with Crippen LogP contribution in [0, 0.1) is 16.0 Å². The highest BCUT2D eigenvalue weighted by atomic mass is 32.2. The number of nitro benzene ring substituents is 1. The molecule has 0 saturated carbocycles. The molecule has 0 aliphatic heterocycles. The van der Waals surface area contributed by atoms with Crippen LogP contribution in [0.3, 0.4) is 0 Å². The molecule has 8 nitrogen and oxygen atoms in total. The lowest BCUT2D eigenvalue weighted by Gasteiger charge is -2.12. The number of benzene rings is 1. The van der Waals surface area contributed by atoms with Crippen molar-refractivity contribution in [1.29, 1.82) is 0 Å². The van der Waals surface area contributed by atoms with E-state index in [0.29, 0.717) is 6.42 Å². The first-order valence-electron chi connectivity index (χ1n) is 8.55. The van der Waals surface area contributed by atoms with Gasteiger partial charge in [-0.2, -0.15) is 0 Å². The number of sulfone groups is 1. The van der Waals surface area contributed by atoms with Gasteiger partial charge in [0, 0.05) is 18.1 Å². The van der Waals surface area contributed by atoms with Crippen molar-refractivity contribution >= 4 is 37.9 Å². The van der Waals surface area contributed by atoms with E-state index in [-0.39, 0.29) is 31.7 Å². The molecule has 1 N–H and O–H groups in total. The number of carbonyl (C=O) groups is 1. The molecule has 1 heterocycles. The van der Waals surface area contributed by atoms with Crippen LogP contribution in [0.5, 0.6) is 0 Å². The Morgan fingerprint density at radius 2 is 1.96 bits per heavy atom. The quantitative estimate of drug-likeness (QED) is 0.491. The number of aromatic nitrogens is 1. The maximum atomic E-state index is 12.6. The third kappa shape index (κ3) is 5.10. The van der Waals surface area contributed by atoms with Crippen LogP contribution in [0.1, 0.15) is 39.5 Å². The number of nitro groups is 1. The predicted octanol–water partition coefficient (Wildman–Crippen LogP) is 4.04. The van der Waals surface area contributed by atoms with Crippen molar-refractivity contribution in [2.45, 2.75) is 48.6 Å². The minimum absolute atomic E-state index is 0.0340. The lowest BCUT2D eigenvalue weighted by molar-refractivity contribution is -0.384. The fraction of sp³-hybridized carbons (Fsp3) is 0.412. The number of non-ortho nitro benzene ring substituents is 1. The Hall–Kier alpha value is -2.33. The number of rotatable bonds is 9. The van der Waals surface area contributed by atoms with E-state index >= 15 is 0 Å². The smallest absolute Gasteiger partial charge is 0.269 e. The lowest BCUT2D eigenvalue weighted by Crippen LogP contribution is -2.22. The first-order valence-corrected chi connectivity index (χ1v) is 10.9. The number of amides is 1. The van der Waals surface area contributed by atoms with Crippen molar-refractivity contribution in [1.82, 2.24) is 4.98 Å². The minimum Gasteiger partial charge on any atom is -0.302 e. The minimum atomic E-state index is -3.85. The molecule has 0 spiro atoms. The van der Waals surface area contributed by atoms with Crippen molar-refractivity contribution < 1.29 is 18.1 Å². The molecule has 0 aliphatic carbocycles. The number of thiazole rings is 1. The van der Waals surface area contributed by atoms with E-state index in [9.17, 15) is 23.3 Å². The number of nitrogens with one attached hydrogen (secondary N) is 1. The van der Waals surface area contributed by atoms with E-state index in [2.05, 4.69) is 17.2 Å². The highest BCUT2D eigenvalue weighted by Crippen LogP contribution is 2.30. The molecule has 0 aliphatic rings.